The summed E-state index contributed by atoms with van der Waals surface area (Å²) >= 11 is 6.19. The molecule has 1 unspecified atom stereocenters. The van der Waals surface area contributed by atoms with Gasteiger partial charge in [-0.05, 0) is 38.8 Å². The van der Waals surface area contributed by atoms with E-state index in [1.807, 2.05) is 0 Å². The molecule has 1 rings (SSSR count). The van der Waals surface area contributed by atoms with Crippen molar-refractivity contribution < 1.29 is 14.3 Å². The van der Waals surface area contributed by atoms with E-state index in [0.29, 0.717) is 0 Å². The lowest BCUT2D eigenvalue weighted by molar-refractivity contribution is 0.120. The summed E-state index contributed by atoms with van der Waals surface area (Å²) in [6.07, 6.45) is -0.957. The van der Waals surface area contributed by atoms with Crippen LogP contribution in [0.1, 0.15) is 6.92 Å². The van der Waals surface area contributed by atoms with Gasteiger partial charge in [-0.1, -0.05) is 0 Å². The molecule has 0 saturated carbocycles. The highest BCUT2D eigenvalue weighted by atomic mass is 79.9. The zero-order valence-electron chi connectivity index (χ0n) is 4.56. The minimum Gasteiger partial charge on any atom is -0.425 e. The zero-order valence-corrected chi connectivity index (χ0v) is 7.73. The van der Waals surface area contributed by atoms with Crippen molar-refractivity contribution in [3.8, 4) is 0 Å². The molecule has 0 bridgehead atoms. The molecule has 1 saturated heterocycles. The molecule has 0 aromatic heterocycles. The number of carbonyl (C=O) groups excluding carboxylic acids is 1. The molecule has 1 aliphatic heterocycles. The standard InChI is InChI=1S/C4H4Br2O3/c1-2-4(5,6)9-3(7)8-2/h2H,1H3. The van der Waals surface area contributed by atoms with Crippen LogP contribution in [0.15, 0.2) is 0 Å². The average Bonchev–Trinajstić information content (AvgIpc) is 1.79. The van der Waals surface area contributed by atoms with Crippen LogP contribution in [0.4, 0.5) is 4.79 Å². The highest BCUT2D eigenvalue weighted by Gasteiger charge is 2.44. The van der Waals surface area contributed by atoms with Crippen LogP contribution in [-0.2, 0) is 9.47 Å². The van der Waals surface area contributed by atoms with Crippen molar-refractivity contribution in [1.82, 2.24) is 0 Å². The summed E-state index contributed by atoms with van der Waals surface area (Å²) in [7, 11) is 0. The lowest BCUT2D eigenvalue weighted by atomic mass is 10.4. The second kappa shape index (κ2) is 2.12. The molecule has 1 heterocycles. The van der Waals surface area contributed by atoms with Crippen molar-refractivity contribution in [2.24, 2.45) is 0 Å². The molecule has 1 aliphatic rings. The molecule has 0 amide bonds. The summed E-state index contributed by atoms with van der Waals surface area (Å²) in [6.45, 7) is 1.72. The SMILES string of the molecule is CC1OC(=O)OC1(Br)Br. The predicted molar refractivity (Wildman–Crippen MR) is 37.6 cm³/mol. The molecule has 0 aromatic rings. The number of rotatable bonds is 0. The lowest BCUT2D eigenvalue weighted by Crippen LogP contribution is -2.22. The van der Waals surface area contributed by atoms with Crippen molar-refractivity contribution in [2.75, 3.05) is 0 Å². The van der Waals surface area contributed by atoms with E-state index >= 15 is 0 Å². The van der Waals surface area contributed by atoms with Gasteiger partial charge in [0.05, 0.1) is 0 Å². The summed E-state index contributed by atoms with van der Waals surface area (Å²) in [5.41, 5.74) is 0. The fraction of sp³-hybridized carbons (Fsp3) is 0.750. The van der Waals surface area contributed by atoms with Gasteiger partial charge in [0.25, 0.3) is 3.42 Å². The number of hydrogen-bond donors (Lipinski definition) is 0. The van der Waals surface area contributed by atoms with Gasteiger partial charge in [0, 0.05) is 0 Å². The Hall–Kier alpha value is 0.230. The minimum absolute atomic E-state index is 0.301. The van der Waals surface area contributed by atoms with E-state index in [9.17, 15) is 4.79 Å². The third-order valence-corrected chi connectivity index (χ3v) is 2.58. The number of cyclic esters (lactones) is 2. The number of alkyl halides is 2. The topological polar surface area (TPSA) is 35.5 Å². The highest BCUT2D eigenvalue weighted by Crippen LogP contribution is 2.38. The first kappa shape index (κ1) is 7.34. The number of halogens is 2. The Balaban J connectivity index is 2.69. The van der Waals surface area contributed by atoms with Gasteiger partial charge in [-0.15, -0.1) is 0 Å². The van der Waals surface area contributed by atoms with E-state index in [1.54, 1.807) is 6.92 Å². The molecular formula is C4H4Br2O3. The van der Waals surface area contributed by atoms with E-state index in [1.165, 1.54) is 0 Å². The average molecular weight is 260 g/mol. The maximum atomic E-state index is 10.4. The van der Waals surface area contributed by atoms with Gasteiger partial charge in [0.2, 0.25) is 0 Å². The van der Waals surface area contributed by atoms with E-state index in [-0.39, 0.29) is 6.10 Å². The lowest BCUT2D eigenvalue weighted by Gasteiger charge is -2.11. The fourth-order valence-electron chi connectivity index (χ4n) is 0.431. The van der Waals surface area contributed by atoms with E-state index in [4.69, 9.17) is 0 Å². The molecule has 0 spiro atoms. The molecule has 52 valence electrons. The maximum absolute atomic E-state index is 10.4. The van der Waals surface area contributed by atoms with Crippen molar-refractivity contribution in [3.05, 3.63) is 0 Å². The summed E-state index contributed by atoms with van der Waals surface area (Å²) in [6, 6.07) is 0. The van der Waals surface area contributed by atoms with Crippen LogP contribution in [0.5, 0.6) is 0 Å². The number of carbonyl (C=O) groups is 1. The summed E-state index contributed by atoms with van der Waals surface area (Å²) < 4.78 is 8.43. The van der Waals surface area contributed by atoms with Crippen LogP contribution in [0.25, 0.3) is 0 Å². The van der Waals surface area contributed by atoms with Crippen LogP contribution >= 0.6 is 31.9 Å². The Bertz CT molecular complexity index is 145. The van der Waals surface area contributed by atoms with Gasteiger partial charge < -0.3 is 9.47 Å². The van der Waals surface area contributed by atoms with Crippen LogP contribution in [-0.4, -0.2) is 15.7 Å². The smallest absolute Gasteiger partial charge is 0.425 e. The quantitative estimate of drug-likeness (QED) is 0.493. The van der Waals surface area contributed by atoms with Crippen molar-refractivity contribution in [1.29, 1.82) is 0 Å². The van der Waals surface area contributed by atoms with Crippen LogP contribution in [0, 0.1) is 0 Å². The monoisotopic (exact) mass is 258 g/mol. The third kappa shape index (κ3) is 1.38. The third-order valence-electron chi connectivity index (χ3n) is 0.966. The van der Waals surface area contributed by atoms with E-state index < -0.39 is 9.57 Å². The molecule has 9 heavy (non-hydrogen) atoms. The molecular weight excluding hydrogens is 256 g/mol. The first-order valence-electron chi connectivity index (χ1n) is 2.30. The van der Waals surface area contributed by atoms with E-state index in [0.717, 1.165) is 0 Å². The molecule has 3 nitrogen and oxygen atoms in total. The van der Waals surface area contributed by atoms with Gasteiger partial charge in [-0.25, -0.2) is 4.79 Å². The largest absolute Gasteiger partial charge is 0.510 e. The Labute approximate surface area is 69.0 Å². The first-order valence-corrected chi connectivity index (χ1v) is 3.88. The van der Waals surface area contributed by atoms with E-state index in [2.05, 4.69) is 41.3 Å². The molecule has 0 aliphatic carbocycles. The molecule has 5 heteroatoms. The normalized spacial score (nSPS) is 31.4. The fourth-order valence-corrected chi connectivity index (χ4v) is 0.882. The molecule has 0 radical (unpaired) electrons. The van der Waals surface area contributed by atoms with Crippen molar-refractivity contribution in [3.63, 3.8) is 0 Å². The maximum Gasteiger partial charge on any atom is 0.510 e. The predicted octanol–water partition coefficient (Wildman–Crippen LogP) is 1.99. The molecule has 1 fully saturated rings. The Kier molecular flexibility index (Phi) is 1.73. The molecule has 0 N–H and O–H groups in total. The van der Waals surface area contributed by atoms with Crippen molar-refractivity contribution in [2.45, 2.75) is 16.4 Å². The van der Waals surface area contributed by atoms with Crippen LogP contribution in [0.2, 0.25) is 0 Å². The van der Waals surface area contributed by atoms with Crippen LogP contribution < -0.4 is 0 Å². The van der Waals surface area contributed by atoms with Gasteiger partial charge >= 0.3 is 6.16 Å². The zero-order chi connectivity index (χ0) is 7.07. The molecule has 0 aromatic carbocycles. The molecule has 1 atom stereocenters. The second-order valence-corrected chi connectivity index (χ2v) is 5.09. The summed E-state index contributed by atoms with van der Waals surface area (Å²) in [4.78, 5) is 10.4. The second-order valence-electron chi connectivity index (χ2n) is 1.67. The summed E-state index contributed by atoms with van der Waals surface area (Å²) in [5, 5.41) is 0. The Morgan fingerprint density at radius 3 is 2.33 bits per heavy atom. The Morgan fingerprint density at radius 1 is 1.67 bits per heavy atom. The minimum atomic E-state index is -0.822. The number of hydrogen-bond acceptors (Lipinski definition) is 3. The van der Waals surface area contributed by atoms with Crippen LogP contribution in [0.3, 0.4) is 0 Å². The van der Waals surface area contributed by atoms with Gasteiger partial charge in [-0.3, -0.25) is 0 Å². The van der Waals surface area contributed by atoms with Gasteiger partial charge in [-0.2, -0.15) is 0 Å². The number of ether oxygens (including phenoxy) is 2. The van der Waals surface area contributed by atoms with Gasteiger partial charge in [0.15, 0.2) is 6.10 Å². The first-order chi connectivity index (χ1) is 4.02. The Morgan fingerprint density at radius 2 is 2.22 bits per heavy atom. The van der Waals surface area contributed by atoms with Crippen molar-refractivity contribution >= 4 is 38.0 Å². The summed E-state index contributed by atoms with van der Waals surface area (Å²) in [5.74, 6) is 0. The highest BCUT2D eigenvalue weighted by molar-refractivity contribution is 9.25. The van der Waals surface area contributed by atoms with Gasteiger partial charge in [0.1, 0.15) is 0 Å².